The van der Waals surface area contributed by atoms with Gasteiger partial charge < -0.3 is 5.32 Å². The molecule has 2 aromatic carbocycles. The maximum absolute atomic E-state index is 12.4. The number of hydrogen-bond acceptors (Lipinski definition) is 5. The van der Waals surface area contributed by atoms with Gasteiger partial charge in [0.15, 0.2) is 0 Å². The van der Waals surface area contributed by atoms with E-state index in [0.29, 0.717) is 5.82 Å². The molecule has 0 aliphatic rings. The number of aromatic nitrogens is 4. The topological polar surface area (TPSA) is 72.7 Å². The third kappa shape index (κ3) is 3.52. The van der Waals surface area contributed by atoms with Crippen LogP contribution in [0, 0.1) is 0 Å². The van der Waals surface area contributed by atoms with Crippen LogP contribution in [0.3, 0.4) is 0 Å². The average Bonchev–Trinajstić information content (AvgIpc) is 3.34. The standard InChI is InChI=1S/C19H15N5OS/c25-18(12-24-22-19(21-23-24)15-10-11-26-13-15)20-17-9-5-4-8-16(17)14-6-2-1-3-7-14/h1-11,13H,12H2,(H,20,25). The number of amides is 1. The van der Waals surface area contributed by atoms with Crippen molar-refractivity contribution < 1.29 is 4.79 Å². The molecule has 0 unspecified atom stereocenters. The van der Waals surface area contributed by atoms with Crippen molar-refractivity contribution in [2.24, 2.45) is 0 Å². The number of nitrogens with zero attached hydrogens (tertiary/aromatic N) is 4. The Labute approximate surface area is 154 Å². The van der Waals surface area contributed by atoms with Crippen LogP contribution >= 0.6 is 11.3 Å². The van der Waals surface area contributed by atoms with Gasteiger partial charge in [0.05, 0.1) is 0 Å². The summed E-state index contributed by atoms with van der Waals surface area (Å²) >= 11 is 1.56. The molecule has 4 rings (SSSR count). The number of thiophene rings is 1. The molecule has 1 N–H and O–H groups in total. The highest BCUT2D eigenvalue weighted by molar-refractivity contribution is 7.08. The van der Waals surface area contributed by atoms with Gasteiger partial charge in [0, 0.05) is 22.2 Å². The lowest BCUT2D eigenvalue weighted by Crippen LogP contribution is -2.20. The van der Waals surface area contributed by atoms with Gasteiger partial charge in [0.2, 0.25) is 11.7 Å². The summed E-state index contributed by atoms with van der Waals surface area (Å²) in [6.07, 6.45) is 0. The second kappa shape index (κ2) is 7.28. The van der Waals surface area contributed by atoms with Gasteiger partial charge in [0.1, 0.15) is 6.54 Å². The lowest BCUT2D eigenvalue weighted by atomic mass is 10.0. The minimum Gasteiger partial charge on any atom is -0.324 e. The number of carbonyl (C=O) groups excluding carboxylic acids is 1. The molecule has 0 aliphatic carbocycles. The zero-order chi connectivity index (χ0) is 17.8. The summed E-state index contributed by atoms with van der Waals surface area (Å²) in [5.41, 5.74) is 3.66. The van der Waals surface area contributed by atoms with Gasteiger partial charge in [-0.15, -0.1) is 10.2 Å². The minimum absolute atomic E-state index is 0.000259. The Morgan fingerprint density at radius 1 is 1.00 bits per heavy atom. The lowest BCUT2D eigenvalue weighted by Gasteiger charge is -2.11. The van der Waals surface area contributed by atoms with Gasteiger partial charge in [-0.05, 0) is 28.3 Å². The maximum atomic E-state index is 12.4. The number of para-hydroxylation sites is 1. The van der Waals surface area contributed by atoms with Crippen LogP contribution in [-0.2, 0) is 11.3 Å². The largest absolute Gasteiger partial charge is 0.324 e. The third-order valence-corrected chi connectivity index (χ3v) is 4.49. The monoisotopic (exact) mass is 361 g/mol. The molecule has 128 valence electrons. The van der Waals surface area contributed by atoms with Gasteiger partial charge >= 0.3 is 0 Å². The molecule has 0 bridgehead atoms. The molecule has 2 heterocycles. The maximum Gasteiger partial charge on any atom is 0.248 e. The van der Waals surface area contributed by atoms with E-state index in [4.69, 9.17) is 0 Å². The molecule has 0 saturated carbocycles. The van der Waals surface area contributed by atoms with Crippen LogP contribution in [-0.4, -0.2) is 26.1 Å². The Hall–Kier alpha value is -3.32. The lowest BCUT2D eigenvalue weighted by molar-refractivity contribution is -0.117. The summed E-state index contributed by atoms with van der Waals surface area (Å²) in [5, 5.41) is 19.0. The number of benzene rings is 2. The highest BCUT2D eigenvalue weighted by Crippen LogP contribution is 2.27. The average molecular weight is 361 g/mol. The molecule has 4 aromatic rings. The number of nitrogens with one attached hydrogen (secondary N) is 1. The van der Waals surface area contributed by atoms with E-state index in [1.807, 2.05) is 71.4 Å². The Kier molecular flexibility index (Phi) is 4.53. The fourth-order valence-electron chi connectivity index (χ4n) is 2.60. The molecular weight excluding hydrogens is 346 g/mol. The molecule has 2 aromatic heterocycles. The van der Waals surface area contributed by atoms with Crippen molar-refractivity contribution in [2.45, 2.75) is 6.54 Å². The number of hydrogen-bond donors (Lipinski definition) is 1. The molecule has 7 heteroatoms. The van der Waals surface area contributed by atoms with Crippen molar-refractivity contribution in [3.8, 4) is 22.5 Å². The fraction of sp³-hybridized carbons (Fsp3) is 0.0526. The van der Waals surface area contributed by atoms with E-state index >= 15 is 0 Å². The van der Waals surface area contributed by atoms with E-state index in [2.05, 4.69) is 20.7 Å². The van der Waals surface area contributed by atoms with Crippen molar-refractivity contribution in [3.63, 3.8) is 0 Å². The first kappa shape index (κ1) is 16.2. The Morgan fingerprint density at radius 2 is 1.81 bits per heavy atom. The van der Waals surface area contributed by atoms with Gasteiger partial charge in [-0.2, -0.15) is 16.1 Å². The molecule has 0 saturated heterocycles. The first-order valence-corrected chi connectivity index (χ1v) is 8.98. The Bertz CT molecular complexity index is 1010. The molecule has 1 amide bonds. The molecule has 26 heavy (non-hydrogen) atoms. The normalized spacial score (nSPS) is 10.6. The van der Waals surface area contributed by atoms with E-state index in [1.165, 1.54) is 4.80 Å². The molecule has 0 atom stereocenters. The molecule has 0 fully saturated rings. The van der Waals surface area contributed by atoms with E-state index in [-0.39, 0.29) is 12.5 Å². The summed E-state index contributed by atoms with van der Waals surface area (Å²) in [6.45, 7) is 0.000259. The first-order chi connectivity index (χ1) is 12.8. The van der Waals surface area contributed by atoms with Crippen molar-refractivity contribution in [1.29, 1.82) is 0 Å². The van der Waals surface area contributed by atoms with Crippen molar-refractivity contribution in [3.05, 3.63) is 71.4 Å². The molecule has 0 spiro atoms. The van der Waals surface area contributed by atoms with Crippen LogP contribution in [0.25, 0.3) is 22.5 Å². The van der Waals surface area contributed by atoms with Crippen molar-refractivity contribution >= 4 is 22.9 Å². The zero-order valence-corrected chi connectivity index (χ0v) is 14.6. The summed E-state index contributed by atoms with van der Waals surface area (Å²) in [5.74, 6) is 0.311. The second-order valence-corrected chi connectivity index (χ2v) is 6.40. The van der Waals surface area contributed by atoms with E-state index < -0.39 is 0 Å². The van der Waals surface area contributed by atoms with Crippen LogP contribution in [0.5, 0.6) is 0 Å². The second-order valence-electron chi connectivity index (χ2n) is 5.62. The summed E-state index contributed by atoms with van der Waals surface area (Å²) in [7, 11) is 0. The van der Waals surface area contributed by atoms with Crippen LogP contribution in [0.1, 0.15) is 0 Å². The number of carbonyl (C=O) groups is 1. The molecule has 0 radical (unpaired) electrons. The summed E-state index contributed by atoms with van der Waals surface area (Å²) < 4.78 is 0. The van der Waals surface area contributed by atoms with E-state index in [0.717, 1.165) is 22.4 Å². The van der Waals surface area contributed by atoms with Crippen LogP contribution in [0.15, 0.2) is 71.4 Å². The van der Waals surface area contributed by atoms with Crippen LogP contribution in [0.2, 0.25) is 0 Å². The summed E-state index contributed by atoms with van der Waals surface area (Å²) in [6, 6.07) is 19.6. The van der Waals surface area contributed by atoms with Gasteiger partial charge in [-0.3, -0.25) is 4.79 Å². The Morgan fingerprint density at radius 3 is 2.62 bits per heavy atom. The minimum atomic E-state index is -0.206. The summed E-state index contributed by atoms with van der Waals surface area (Å²) in [4.78, 5) is 13.7. The number of tetrazole rings is 1. The quantitative estimate of drug-likeness (QED) is 0.588. The predicted octanol–water partition coefficient (Wildman–Crippen LogP) is 3.71. The Balaban J connectivity index is 1.49. The highest BCUT2D eigenvalue weighted by Gasteiger charge is 2.12. The van der Waals surface area contributed by atoms with Crippen molar-refractivity contribution in [2.75, 3.05) is 5.32 Å². The third-order valence-electron chi connectivity index (χ3n) is 3.80. The number of rotatable bonds is 5. The molecule has 6 nitrogen and oxygen atoms in total. The van der Waals surface area contributed by atoms with Crippen LogP contribution < -0.4 is 5.32 Å². The fourth-order valence-corrected chi connectivity index (χ4v) is 3.23. The zero-order valence-electron chi connectivity index (χ0n) is 13.7. The smallest absolute Gasteiger partial charge is 0.248 e. The van der Waals surface area contributed by atoms with Gasteiger partial charge in [-0.25, -0.2) is 0 Å². The van der Waals surface area contributed by atoms with Gasteiger partial charge in [-0.1, -0.05) is 48.5 Å². The molecule has 0 aliphatic heterocycles. The number of anilines is 1. The van der Waals surface area contributed by atoms with Crippen LogP contribution in [0.4, 0.5) is 5.69 Å². The predicted molar refractivity (Wildman–Crippen MR) is 102 cm³/mol. The molecular formula is C19H15N5OS. The highest BCUT2D eigenvalue weighted by atomic mass is 32.1. The van der Waals surface area contributed by atoms with E-state index in [1.54, 1.807) is 11.3 Å². The van der Waals surface area contributed by atoms with Gasteiger partial charge in [0.25, 0.3) is 0 Å². The van der Waals surface area contributed by atoms with E-state index in [9.17, 15) is 4.79 Å². The first-order valence-electron chi connectivity index (χ1n) is 8.04. The van der Waals surface area contributed by atoms with Crippen molar-refractivity contribution in [1.82, 2.24) is 20.2 Å². The SMILES string of the molecule is O=C(Cn1nnc(-c2ccsc2)n1)Nc1ccccc1-c1ccccc1.